The lowest BCUT2D eigenvalue weighted by Gasteiger charge is -2.33. The number of piperidine rings is 1. The second-order valence-electron chi connectivity index (χ2n) is 6.65. The fourth-order valence-electron chi connectivity index (χ4n) is 3.22. The number of urea groups is 1. The van der Waals surface area contributed by atoms with Gasteiger partial charge < -0.3 is 25.0 Å². The molecule has 2 aromatic rings. The molecule has 2 aromatic carbocycles. The van der Waals surface area contributed by atoms with Crippen molar-refractivity contribution >= 4 is 17.4 Å². The van der Waals surface area contributed by atoms with Gasteiger partial charge in [-0.05, 0) is 54.8 Å². The van der Waals surface area contributed by atoms with E-state index in [1.54, 1.807) is 14.2 Å². The number of anilines is 2. The molecule has 1 aliphatic heterocycles. The van der Waals surface area contributed by atoms with Crippen molar-refractivity contribution in [2.24, 2.45) is 0 Å². The largest absolute Gasteiger partial charge is 0.497 e. The van der Waals surface area contributed by atoms with Crippen molar-refractivity contribution in [1.29, 1.82) is 0 Å². The Morgan fingerprint density at radius 3 is 2.52 bits per heavy atom. The molecule has 3 rings (SSSR count). The molecule has 0 radical (unpaired) electrons. The topological polar surface area (TPSA) is 62.8 Å². The van der Waals surface area contributed by atoms with E-state index in [1.807, 2.05) is 48.5 Å². The van der Waals surface area contributed by atoms with Crippen LogP contribution >= 0.6 is 0 Å². The molecule has 2 N–H and O–H groups in total. The van der Waals surface area contributed by atoms with Crippen LogP contribution in [0.5, 0.6) is 5.75 Å². The van der Waals surface area contributed by atoms with Crippen LogP contribution in [0, 0.1) is 0 Å². The van der Waals surface area contributed by atoms with Gasteiger partial charge in [0.05, 0.1) is 13.2 Å². The van der Waals surface area contributed by atoms with Gasteiger partial charge in [0.2, 0.25) is 0 Å². The number of carbonyl (C=O) groups is 1. The van der Waals surface area contributed by atoms with Gasteiger partial charge in [-0.2, -0.15) is 0 Å². The summed E-state index contributed by atoms with van der Waals surface area (Å²) in [5, 5.41) is 5.73. The molecule has 0 unspecified atom stereocenters. The molecule has 0 spiro atoms. The number of benzene rings is 2. The van der Waals surface area contributed by atoms with Crippen LogP contribution in [0.3, 0.4) is 0 Å². The summed E-state index contributed by atoms with van der Waals surface area (Å²) in [5.74, 6) is 0.800. The molecular formula is C21H27N3O3. The number of methoxy groups -OCH3 is 2. The standard InChI is InChI=1S/C21H27N3O3/c1-26-19-11-5-16(6-12-19)14-22-21(25)23-17-7-9-18(10-8-17)24-13-3-4-20(15-24)27-2/h5-12,20H,3-4,13-15H2,1-2H3,(H2,22,23,25)/t20-/m1/s1. The summed E-state index contributed by atoms with van der Waals surface area (Å²) in [6.45, 7) is 2.40. The minimum atomic E-state index is -0.226. The van der Waals surface area contributed by atoms with Gasteiger partial charge in [-0.15, -0.1) is 0 Å². The van der Waals surface area contributed by atoms with Crippen molar-refractivity contribution in [1.82, 2.24) is 5.32 Å². The van der Waals surface area contributed by atoms with E-state index in [-0.39, 0.29) is 6.03 Å². The van der Waals surface area contributed by atoms with Crippen molar-refractivity contribution in [2.75, 3.05) is 37.5 Å². The maximum atomic E-state index is 12.1. The molecule has 1 aliphatic rings. The van der Waals surface area contributed by atoms with Crippen LogP contribution in [0.1, 0.15) is 18.4 Å². The van der Waals surface area contributed by atoms with E-state index in [1.165, 1.54) is 0 Å². The smallest absolute Gasteiger partial charge is 0.319 e. The number of hydrogen-bond acceptors (Lipinski definition) is 4. The van der Waals surface area contributed by atoms with Gasteiger partial charge in [0.1, 0.15) is 5.75 Å². The van der Waals surface area contributed by atoms with Crippen LogP contribution in [0.2, 0.25) is 0 Å². The molecule has 27 heavy (non-hydrogen) atoms. The SMILES string of the molecule is COc1ccc(CNC(=O)Nc2ccc(N3CCC[C@@H](OC)C3)cc2)cc1. The summed E-state index contributed by atoms with van der Waals surface area (Å²) >= 11 is 0. The lowest BCUT2D eigenvalue weighted by Crippen LogP contribution is -2.39. The fourth-order valence-corrected chi connectivity index (χ4v) is 3.22. The molecule has 6 heteroatoms. The first-order valence-electron chi connectivity index (χ1n) is 9.23. The van der Waals surface area contributed by atoms with Crippen LogP contribution in [0.25, 0.3) is 0 Å². The van der Waals surface area contributed by atoms with E-state index in [4.69, 9.17) is 9.47 Å². The van der Waals surface area contributed by atoms with E-state index in [0.717, 1.165) is 48.6 Å². The second-order valence-corrected chi connectivity index (χ2v) is 6.65. The van der Waals surface area contributed by atoms with Gasteiger partial charge in [0.15, 0.2) is 0 Å². The zero-order valence-electron chi connectivity index (χ0n) is 15.9. The molecular weight excluding hydrogens is 342 g/mol. The summed E-state index contributed by atoms with van der Waals surface area (Å²) in [6.07, 6.45) is 2.54. The number of ether oxygens (including phenoxy) is 2. The Morgan fingerprint density at radius 2 is 1.85 bits per heavy atom. The van der Waals surface area contributed by atoms with Crippen LogP contribution in [-0.4, -0.2) is 39.4 Å². The van der Waals surface area contributed by atoms with Crippen molar-refractivity contribution in [3.63, 3.8) is 0 Å². The second kappa shape index (κ2) is 9.28. The maximum absolute atomic E-state index is 12.1. The lowest BCUT2D eigenvalue weighted by molar-refractivity contribution is 0.0893. The third kappa shape index (κ3) is 5.37. The molecule has 1 heterocycles. The monoisotopic (exact) mass is 369 g/mol. The summed E-state index contributed by atoms with van der Waals surface area (Å²) in [7, 11) is 3.40. The van der Waals surface area contributed by atoms with Gasteiger partial charge in [-0.25, -0.2) is 4.79 Å². The first kappa shape index (κ1) is 19.0. The Balaban J connectivity index is 1.49. The number of rotatable bonds is 6. The van der Waals surface area contributed by atoms with E-state index in [2.05, 4.69) is 15.5 Å². The maximum Gasteiger partial charge on any atom is 0.319 e. The highest BCUT2D eigenvalue weighted by Crippen LogP contribution is 2.23. The molecule has 0 aliphatic carbocycles. The van der Waals surface area contributed by atoms with Crippen LogP contribution < -0.4 is 20.3 Å². The Morgan fingerprint density at radius 1 is 1.11 bits per heavy atom. The number of nitrogens with zero attached hydrogens (tertiary/aromatic N) is 1. The van der Waals surface area contributed by atoms with Crippen LogP contribution in [0.4, 0.5) is 16.2 Å². The van der Waals surface area contributed by atoms with E-state index in [9.17, 15) is 4.79 Å². The van der Waals surface area contributed by atoms with E-state index < -0.39 is 0 Å². The summed E-state index contributed by atoms with van der Waals surface area (Å²) < 4.78 is 10.6. The van der Waals surface area contributed by atoms with Crippen molar-refractivity contribution < 1.29 is 14.3 Å². The average Bonchev–Trinajstić information content (AvgIpc) is 2.73. The van der Waals surface area contributed by atoms with E-state index >= 15 is 0 Å². The minimum absolute atomic E-state index is 0.226. The predicted octanol–water partition coefficient (Wildman–Crippen LogP) is 3.63. The first-order chi connectivity index (χ1) is 13.2. The molecule has 6 nitrogen and oxygen atoms in total. The molecule has 1 saturated heterocycles. The number of nitrogens with one attached hydrogen (secondary N) is 2. The summed E-state index contributed by atoms with van der Waals surface area (Å²) in [4.78, 5) is 14.4. The Labute approximate surface area is 160 Å². The van der Waals surface area contributed by atoms with Crippen LogP contribution in [-0.2, 0) is 11.3 Å². The van der Waals surface area contributed by atoms with Crippen molar-refractivity contribution in [2.45, 2.75) is 25.5 Å². The highest BCUT2D eigenvalue weighted by molar-refractivity contribution is 5.89. The highest BCUT2D eigenvalue weighted by atomic mass is 16.5. The minimum Gasteiger partial charge on any atom is -0.497 e. The summed E-state index contributed by atoms with van der Waals surface area (Å²) in [5.41, 5.74) is 2.94. The molecule has 0 saturated carbocycles. The molecule has 144 valence electrons. The normalized spacial score (nSPS) is 16.7. The zero-order chi connectivity index (χ0) is 19.1. The van der Waals surface area contributed by atoms with Gasteiger partial charge in [-0.3, -0.25) is 0 Å². The van der Waals surface area contributed by atoms with Crippen LogP contribution in [0.15, 0.2) is 48.5 Å². The van der Waals surface area contributed by atoms with Crippen molar-refractivity contribution in [3.05, 3.63) is 54.1 Å². The van der Waals surface area contributed by atoms with Gasteiger partial charge in [0, 0.05) is 38.1 Å². The van der Waals surface area contributed by atoms with Gasteiger partial charge in [0.25, 0.3) is 0 Å². The molecule has 0 aromatic heterocycles. The van der Waals surface area contributed by atoms with Crippen molar-refractivity contribution in [3.8, 4) is 5.75 Å². The number of carbonyl (C=O) groups excluding carboxylic acids is 1. The van der Waals surface area contributed by atoms with E-state index in [0.29, 0.717) is 12.6 Å². The Kier molecular flexibility index (Phi) is 6.54. The Bertz CT molecular complexity index is 731. The molecule has 0 bridgehead atoms. The molecule has 1 fully saturated rings. The third-order valence-corrected chi connectivity index (χ3v) is 4.81. The summed E-state index contributed by atoms with van der Waals surface area (Å²) in [6, 6.07) is 15.3. The molecule has 2 amide bonds. The highest BCUT2D eigenvalue weighted by Gasteiger charge is 2.19. The van der Waals surface area contributed by atoms with Gasteiger partial charge >= 0.3 is 6.03 Å². The fraction of sp³-hybridized carbons (Fsp3) is 0.381. The Hall–Kier alpha value is -2.73. The quantitative estimate of drug-likeness (QED) is 0.816. The average molecular weight is 369 g/mol. The third-order valence-electron chi connectivity index (χ3n) is 4.81. The number of hydrogen-bond donors (Lipinski definition) is 2. The first-order valence-corrected chi connectivity index (χ1v) is 9.23. The lowest BCUT2D eigenvalue weighted by atomic mass is 10.1. The zero-order valence-corrected chi connectivity index (χ0v) is 15.9. The molecule has 1 atom stereocenters. The predicted molar refractivity (Wildman–Crippen MR) is 108 cm³/mol. The van der Waals surface area contributed by atoms with Gasteiger partial charge in [-0.1, -0.05) is 12.1 Å². The number of amides is 2.